The Hall–Kier alpha value is -2.62. The molecule has 2 aliphatic rings. The SMILES string of the molecule is C[C@H]1CN(Cc2nnnn2C2CC2)CCN1c1ccc2nncn2n1. The van der Waals surface area contributed by atoms with Gasteiger partial charge in [0.25, 0.3) is 0 Å². The third-order valence-corrected chi connectivity index (χ3v) is 4.97. The van der Waals surface area contributed by atoms with Gasteiger partial charge in [0, 0.05) is 25.7 Å². The highest BCUT2D eigenvalue weighted by molar-refractivity contribution is 5.46. The van der Waals surface area contributed by atoms with Gasteiger partial charge in [-0.25, -0.2) is 4.68 Å². The fourth-order valence-corrected chi connectivity index (χ4v) is 3.51. The second-order valence-corrected chi connectivity index (χ2v) is 6.87. The van der Waals surface area contributed by atoms with E-state index in [1.54, 1.807) is 10.8 Å². The molecule has 0 unspecified atom stereocenters. The van der Waals surface area contributed by atoms with E-state index in [0.717, 1.165) is 43.5 Å². The summed E-state index contributed by atoms with van der Waals surface area (Å²) in [6, 6.07) is 4.85. The molecule has 4 heterocycles. The van der Waals surface area contributed by atoms with Crippen LogP contribution in [0, 0.1) is 0 Å². The summed E-state index contributed by atoms with van der Waals surface area (Å²) >= 11 is 0. The van der Waals surface area contributed by atoms with E-state index in [4.69, 9.17) is 0 Å². The minimum atomic E-state index is 0.362. The van der Waals surface area contributed by atoms with Crippen LogP contribution >= 0.6 is 0 Å². The summed E-state index contributed by atoms with van der Waals surface area (Å²) in [7, 11) is 0. The molecule has 1 saturated heterocycles. The molecule has 1 atom stereocenters. The van der Waals surface area contributed by atoms with E-state index in [1.165, 1.54) is 12.8 Å². The number of tetrazole rings is 1. The molecule has 3 aromatic rings. The van der Waals surface area contributed by atoms with Crippen LogP contribution in [0.2, 0.25) is 0 Å². The Morgan fingerprint density at radius 2 is 2.08 bits per heavy atom. The number of nitrogens with zero attached hydrogens (tertiary/aromatic N) is 10. The van der Waals surface area contributed by atoms with Gasteiger partial charge in [-0.1, -0.05) is 0 Å². The number of aromatic nitrogens is 8. The van der Waals surface area contributed by atoms with Crippen molar-refractivity contribution in [3.63, 3.8) is 0 Å². The van der Waals surface area contributed by atoms with E-state index in [0.29, 0.717) is 12.1 Å². The molecule has 0 N–H and O–H groups in total. The molecule has 0 bridgehead atoms. The van der Waals surface area contributed by atoms with Crippen LogP contribution in [0.25, 0.3) is 5.65 Å². The molecule has 0 aromatic carbocycles. The first-order valence-corrected chi connectivity index (χ1v) is 8.71. The lowest BCUT2D eigenvalue weighted by Gasteiger charge is -2.40. The molecule has 1 aliphatic heterocycles. The number of rotatable bonds is 4. The van der Waals surface area contributed by atoms with Crippen molar-refractivity contribution in [3.05, 3.63) is 24.3 Å². The zero-order chi connectivity index (χ0) is 16.8. The molecule has 130 valence electrons. The van der Waals surface area contributed by atoms with Crippen molar-refractivity contribution < 1.29 is 0 Å². The first-order chi connectivity index (χ1) is 12.3. The van der Waals surface area contributed by atoms with Gasteiger partial charge in [-0.2, -0.15) is 4.52 Å². The summed E-state index contributed by atoms with van der Waals surface area (Å²) in [5, 5.41) is 24.7. The topological polar surface area (TPSA) is 93.2 Å². The third kappa shape index (κ3) is 2.72. The second-order valence-electron chi connectivity index (χ2n) is 6.87. The van der Waals surface area contributed by atoms with E-state index in [1.807, 2.05) is 16.8 Å². The smallest absolute Gasteiger partial charge is 0.177 e. The molecule has 10 heteroatoms. The molecular formula is C15H20N10. The summed E-state index contributed by atoms with van der Waals surface area (Å²) in [5.41, 5.74) is 0.766. The highest BCUT2D eigenvalue weighted by Gasteiger charge is 2.30. The van der Waals surface area contributed by atoms with Gasteiger partial charge in [0.05, 0.1) is 12.6 Å². The zero-order valence-corrected chi connectivity index (χ0v) is 14.1. The quantitative estimate of drug-likeness (QED) is 0.663. The normalized spacial score (nSPS) is 22.0. The summed E-state index contributed by atoms with van der Waals surface area (Å²) in [6.45, 7) is 5.88. The van der Waals surface area contributed by atoms with Crippen LogP contribution in [0.15, 0.2) is 18.5 Å². The van der Waals surface area contributed by atoms with Crippen molar-refractivity contribution in [3.8, 4) is 0 Å². The van der Waals surface area contributed by atoms with Crippen molar-refractivity contribution >= 4 is 11.5 Å². The van der Waals surface area contributed by atoms with Crippen LogP contribution in [-0.2, 0) is 6.54 Å². The predicted octanol–water partition coefficient (Wildman–Crippen LogP) is 0.156. The molecule has 3 aromatic heterocycles. The highest BCUT2D eigenvalue weighted by atomic mass is 15.6. The fourth-order valence-electron chi connectivity index (χ4n) is 3.51. The highest BCUT2D eigenvalue weighted by Crippen LogP contribution is 2.34. The maximum Gasteiger partial charge on any atom is 0.177 e. The van der Waals surface area contributed by atoms with Crippen LogP contribution in [0.1, 0.15) is 31.6 Å². The zero-order valence-electron chi connectivity index (χ0n) is 14.1. The monoisotopic (exact) mass is 340 g/mol. The van der Waals surface area contributed by atoms with Crippen LogP contribution in [0.5, 0.6) is 0 Å². The summed E-state index contributed by atoms with van der Waals surface area (Å²) in [6.07, 6.45) is 4.02. The number of hydrogen-bond acceptors (Lipinski definition) is 8. The summed E-state index contributed by atoms with van der Waals surface area (Å²) in [5.74, 6) is 1.94. The Labute approximate surface area is 144 Å². The fraction of sp³-hybridized carbons (Fsp3) is 0.600. The van der Waals surface area contributed by atoms with Crippen LogP contribution in [-0.4, -0.2) is 70.6 Å². The average Bonchev–Trinajstić information content (AvgIpc) is 3.16. The Morgan fingerprint density at radius 1 is 1.16 bits per heavy atom. The van der Waals surface area contributed by atoms with Crippen molar-refractivity contribution in [1.82, 2.24) is 44.9 Å². The standard InChI is InChI=1S/C15H20N10/c1-11-8-22(9-15-18-20-21-25(15)12-2-3-12)6-7-23(11)14-5-4-13-17-16-10-24(13)19-14/h4-5,10-12H,2-3,6-9H2,1H3/t11-/m0/s1. The van der Waals surface area contributed by atoms with E-state index in [2.05, 4.69) is 47.5 Å². The van der Waals surface area contributed by atoms with Gasteiger partial charge in [0.15, 0.2) is 11.5 Å². The van der Waals surface area contributed by atoms with E-state index >= 15 is 0 Å². The van der Waals surface area contributed by atoms with Crippen molar-refractivity contribution in [2.75, 3.05) is 24.5 Å². The lowest BCUT2D eigenvalue weighted by atomic mass is 10.2. The van der Waals surface area contributed by atoms with Crippen LogP contribution in [0.3, 0.4) is 0 Å². The molecular weight excluding hydrogens is 320 g/mol. The maximum atomic E-state index is 4.62. The van der Waals surface area contributed by atoms with Gasteiger partial charge in [-0.05, 0) is 42.3 Å². The first kappa shape index (κ1) is 14.7. The maximum absolute atomic E-state index is 4.62. The lowest BCUT2D eigenvalue weighted by molar-refractivity contribution is 0.211. The molecule has 5 rings (SSSR count). The molecule has 0 radical (unpaired) electrons. The van der Waals surface area contributed by atoms with Gasteiger partial charge in [-0.15, -0.1) is 20.4 Å². The molecule has 1 aliphatic carbocycles. The van der Waals surface area contributed by atoms with Gasteiger partial charge < -0.3 is 4.90 Å². The molecule has 1 saturated carbocycles. The van der Waals surface area contributed by atoms with Gasteiger partial charge >= 0.3 is 0 Å². The lowest BCUT2D eigenvalue weighted by Crippen LogP contribution is -2.52. The van der Waals surface area contributed by atoms with Crippen LogP contribution in [0.4, 0.5) is 5.82 Å². The van der Waals surface area contributed by atoms with Crippen molar-refractivity contribution in [2.45, 2.75) is 38.4 Å². The Morgan fingerprint density at radius 3 is 2.92 bits per heavy atom. The number of piperazine rings is 1. The first-order valence-electron chi connectivity index (χ1n) is 8.71. The molecule has 0 spiro atoms. The number of fused-ring (bicyclic) bond motifs is 1. The van der Waals surface area contributed by atoms with Crippen molar-refractivity contribution in [2.24, 2.45) is 0 Å². The minimum absolute atomic E-state index is 0.362. The van der Waals surface area contributed by atoms with Crippen molar-refractivity contribution in [1.29, 1.82) is 0 Å². The molecule has 25 heavy (non-hydrogen) atoms. The van der Waals surface area contributed by atoms with E-state index in [-0.39, 0.29) is 0 Å². The second kappa shape index (κ2) is 5.73. The predicted molar refractivity (Wildman–Crippen MR) is 89.0 cm³/mol. The average molecular weight is 340 g/mol. The number of hydrogen-bond donors (Lipinski definition) is 0. The molecule has 0 amide bonds. The minimum Gasteiger partial charge on any atom is -0.350 e. The Kier molecular flexibility index (Phi) is 3.37. The Bertz CT molecular complexity index is 881. The summed E-state index contributed by atoms with van der Waals surface area (Å²) in [4.78, 5) is 4.75. The Balaban J connectivity index is 1.29. The largest absolute Gasteiger partial charge is 0.350 e. The summed E-state index contributed by atoms with van der Waals surface area (Å²) < 4.78 is 3.72. The van der Waals surface area contributed by atoms with E-state index in [9.17, 15) is 0 Å². The number of anilines is 1. The van der Waals surface area contributed by atoms with Gasteiger partial charge in [-0.3, -0.25) is 4.90 Å². The van der Waals surface area contributed by atoms with Gasteiger partial charge in [0.2, 0.25) is 0 Å². The van der Waals surface area contributed by atoms with Crippen LogP contribution < -0.4 is 4.90 Å². The third-order valence-electron chi connectivity index (χ3n) is 4.97. The van der Waals surface area contributed by atoms with E-state index < -0.39 is 0 Å². The van der Waals surface area contributed by atoms with Gasteiger partial charge in [0.1, 0.15) is 12.1 Å². The molecule has 2 fully saturated rings. The molecule has 10 nitrogen and oxygen atoms in total.